The normalized spacial score (nSPS) is 12.4. The molecule has 0 heterocycles. The van der Waals surface area contributed by atoms with Crippen LogP contribution in [0.15, 0.2) is 59.9 Å². The highest BCUT2D eigenvalue weighted by Gasteiger charge is 2.05. The van der Waals surface area contributed by atoms with Crippen LogP contribution in [0.2, 0.25) is 0 Å². The molecule has 0 saturated carbocycles. The molecule has 1 unspecified atom stereocenters. The topological polar surface area (TPSA) is 26.0 Å². The maximum atomic E-state index is 5.47. The smallest absolute Gasteiger partial charge is 0.0241 e. The summed E-state index contributed by atoms with van der Waals surface area (Å²) in [7, 11) is 0. The minimum Gasteiger partial charge on any atom is -0.399 e. The molecule has 1 nitrogen and oxygen atoms in total. The standard InChI is InChI=1S/C15H23N.C2H6/c1-11(2)7-8-12(3)15(6)13(4)9-10-14(5)16;1-2/h7-10,15H,4-5,16H2,1-3,6H3;1-2H3/b10-9-,12-8+;. The van der Waals surface area contributed by atoms with Crippen LogP contribution in [0.3, 0.4) is 0 Å². The van der Waals surface area contributed by atoms with Crippen LogP contribution in [-0.4, -0.2) is 0 Å². The molecule has 0 amide bonds. The van der Waals surface area contributed by atoms with Crippen molar-refractivity contribution >= 4 is 0 Å². The lowest BCUT2D eigenvalue weighted by Crippen LogP contribution is -1.98. The van der Waals surface area contributed by atoms with Crippen molar-refractivity contribution in [3.8, 4) is 0 Å². The Bertz CT molecular complexity index is 350. The van der Waals surface area contributed by atoms with E-state index in [1.54, 1.807) is 6.08 Å². The first-order chi connectivity index (χ1) is 8.34. The fourth-order valence-electron chi connectivity index (χ4n) is 1.09. The van der Waals surface area contributed by atoms with Gasteiger partial charge in [0.25, 0.3) is 0 Å². The van der Waals surface area contributed by atoms with Crippen LogP contribution in [0.4, 0.5) is 0 Å². The van der Waals surface area contributed by atoms with E-state index in [1.165, 1.54) is 11.1 Å². The maximum absolute atomic E-state index is 5.47. The zero-order valence-corrected chi connectivity index (χ0v) is 12.9. The van der Waals surface area contributed by atoms with Crippen molar-refractivity contribution in [2.24, 2.45) is 11.7 Å². The lowest BCUT2D eigenvalue weighted by atomic mass is 9.94. The van der Waals surface area contributed by atoms with Crippen molar-refractivity contribution in [3.05, 3.63) is 59.9 Å². The van der Waals surface area contributed by atoms with Crippen LogP contribution in [-0.2, 0) is 0 Å². The van der Waals surface area contributed by atoms with E-state index in [-0.39, 0.29) is 0 Å². The number of allylic oxidation sites excluding steroid dienone is 7. The molecule has 0 aliphatic heterocycles. The molecule has 18 heavy (non-hydrogen) atoms. The largest absolute Gasteiger partial charge is 0.399 e. The van der Waals surface area contributed by atoms with Crippen molar-refractivity contribution in [2.45, 2.75) is 41.5 Å². The van der Waals surface area contributed by atoms with E-state index < -0.39 is 0 Å². The summed E-state index contributed by atoms with van der Waals surface area (Å²) in [5.41, 5.74) is 9.65. The Balaban J connectivity index is 0. The molecule has 0 aromatic heterocycles. The fraction of sp³-hybridized carbons (Fsp3) is 0.412. The molecule has 0 aliphatic carbocycles. The van der Waals surface area contributed by atoms with Gasteiger partial charge in [0.2, 0.25) is 0 Å². The summed E-state index contributed by atoms with van der Waals surface area (Å²) in [6, 6.07) is 0. The zero-order chi connectivity index (χ0) is 14.7. The van der Waals surface area contributed by atoms with Crippen LogP contribution in [0.25, 0.3) is 0 Å². The first-order valence-corrected chi connectivity index (χ1v) is 6.47. The van der Waals surface area contributed by atoms with Crippen molar-refractivity contribution in [3.63, 3.8) is 0 Å². The van der Waals surface area contributed by atoms with Gasteiger partial charge >= 0.3 is 0 Å². The molecule has 0 aromatic carbocycles. The fourth-order valence-corrected chi connectivity index (χ4v) is 1.09. The van der Waals surface area contributed by atoms with Crippen LogP contribution >= 0.6 is 0 Å². The predicted octanol–water partition coefficient (Wildman–Crippen LogP) is 5.15. The van der Waals surface area contributed by atoms with E-state index in [4.69, 9.17) is 5.73 Å². The summed E-state index contributed by atoms with van der Waals surface area (Å²) in [5, 5.41) is 0. The Labute approximate surface area is 113 Å². The summed E-state index contributed by atoms with van der Waals surface area (Å²) in [5.74, 6) is 0.325. The van der Waals surface area contributed by atoms with Crippen molar-refractivity contribution in [1.82, 2.24) is 0 Å². The molecular formula is C17H29N. The van der Waals surface area contributed by atoms with Gasteiger partial charge in [-0.15, -0.1) is 0 Å². The monoisotopic (exact) mass is 247 g/mol. The van der Waals surface area contributed by atoms with Crippen LogP contribution in [0, 0.1) is 5.92 Å². The second kappa shape index (κ2) is 10.6. The van der Waals surface area contributed by atoms with Gasteiger partial charge in [-0.1, -0.05) is 63.3 Å². The number of hydrogen-bond acceptors (Lipinski definition) is 1. The molecule has 0 aliphatic rings. The molecule has 1 atom stereocenters. The molecule has 2 N–H and O–H groups in total. The molecule has 0 saturated heterocycles. The van der Waals surface area contributed by atoms with Gasteiger partial charge in [0, 0.05) is 11.6 Å². The molecular weight excluding hydrogens is 218 g/mol. The lowest BCUT2D eigenvalue weighted by Gasteiger charge is -2.12. The predicted molar refractivity (Wildman–Crippen MR) is 85.3 cm³/mol. The second-order valence-electron chi connectivity index (χ2n) is 4.36. The average molecular weight is 247 g/mol. The van der Waals surface area contributed by atoms with E-state index in [9.17, 15) is 0 Å². The third-order valence-corrected chi connectivity index (χ3v) is 2.43. The van der Waals surface area contributed by atoms with Crippen LogP contribution < -0.4 is 5.73 Å². The summed E-state index contributed by atoms with van der Waals surface area (Å²) in [6.07, 6.45) is 7.96. The number of hydrogen-bond donors (Lipinski definition) is 1. The first kappa shape index (κ1) is 18.9. The second-order valence-corrected chi connectivity index (χ2v) is 4.36. The summed E-state index contributed by atoms with van der Waals surface area (Å²) in [6.45, 7) is 20.1. The molecule has 0 fully saturated rings. The van der Waals surface area contributed by atoms with Crippen molar-refractivity contribution in [1.29, 1.82) is 0 Å². The van der Waals surface area contributed by atoms with Crippen molar-refractivity contribution < 1.29 is 0 Å². The summed E-state index contributed by atoms with van der Waals surface area (Å²) in [4.78, 5) is 0. The SMILES string of the molecule is C=C(N)/C=C\C(=C)C(C)/C(C)=C/C=C(C)C.CC. The third kappa shape index (κ3) is 9.71. The quantitative estimate of drug-likeness (QED) is 0.668. The van der Waals surface area contributed by atoms with E-state index >= 15 is 0 Å². The van der Waals surface area contributed by atoms with E-state index in [0.29, 0.717) is 11.6 Å². The highest BCUT2D eigenvalue weighted by molar-refractivity contribution is 5.30. The van der Waals surface area contributed by atoms with E-state index in [1.807, 2.05) is 19.9 Å². The van der Waals surface area contributed by atoms with Crippen LogP contribution in [0.1, 0.15) is 41.5 Å². The Morgan fingerprint density at radius 2 is 1.50 bits per heavy atom. The highest BCUT2D eigenvalue weighted by Crippen LogP contribution is 2.19. The number of nitrogens with two attached hydrogens (primary N) is 1. The average Bonchev–Trinajstić information content (AvgIpc) is 2.34. The van der Waals surface area contributed by atoms with E-state index in [2.05, 4.69) is 53.0 Å². The molecule has 0 bridgehead atoms. The van der Waals surface area contributed by atoms with Gasteiger partial charge in [-0.25, -0.2) is 0 Å². The van der Waals surface area contributed by atoms with Gasteiger partial charge in [-0.2, -0.15) is 0 Å². The van der Waals surface area contributed by atoms with Gasteiger partial charge < -0.3 is 5.73 Å². The highest BCUT2D eigenvalue weighted by atomic mass is 14.5. The first-order valence-electron chi connectivity index (χ1n) is 6.47. The van der Waals surface area contributed by atoms with Crippen molar-refractivity contribution in [2.75, 3.05) is 0 Å². The van der Waals surface area contributed by atoms with Gasteiger partial charge in [-0.3, -0.25) is 0 Å². The summed E-state index contributed by atoms with van der Waals surface area (Å²) < 4.78 is 0. The number of rotatable bonds is 5. The Hall–Kier alpha value is -1.50. The minimum atomic E-state index is 0.325. The molecule has 0 spiro atoms. The van der Waals surface area contributed by atoms with Gasteiger partial charge in [0.05, 0.1) is 0 Å². The molecule has 1 heteroatoms. The van der Waals surface area contributed by atoms with E-state index in [0.717, 1.165) is 5.57 Å². The molecule has 0 rings (SSSR count). The Kier molecular flexibility index (Phi) is 11.1. The lowest BCUT2D eigenvalue weighted by molar-refractivity contribution is 0.826. The van der Waals surface area contributed by atoms with Gasteiger partial charge in [0.15, 0.2) is 0 Å². The van der Waals surface area contributed by atoms with Gasteiger partial charge in [-0.05, 0) is 32.4 Å². The Morgan fingerprint density at radius 3 is 1.89 bits per heavy atom. The zero-order valence-electron chi connectivity index (χ0n) is 12.9. The maximum Gasteiger partial charge on any atom is 0.0241 e. The summed E-state index contributed by atoms with van der Waals surface area (Å²) >= 11 is 0. The molecule has 102 valence electrons. The minimum absolute atomic E-state index is 0.325. The third-order valence-electron chi connectivity index (χ3n) is 2.43. The van der Waals surface area contributed by atoms with Gasteiger partial charge in [0.1, 0.15) is 0 Å². The van der Waals surface area contributed by atoms with Crippen LogP contribution in [0.5, 0.6) is 0 Å². The Morgan fingerprint density at radius 1 is 1.00 bits per heavy atom. The molecule has 0 radical (unpaired) electrons. The molecule has 0 aromatic rings.